The lowest BCUT2D eigenvalue weighted by Gasteiger charge is -2.32. The smallest absolute Gasteiger partial charge is 0.267 e. The number of hydrogen-bond acceptors (Lipinski definition) is 3. The van der Waals surface area contributed by atoms with Crippen LogP contribution in [0.1, 0.15) is 30.0 Å². The first kappa shape index (κ1) is 18.0. The summed E-state index contributed by atoms with van der Waals surface area (Å²) >= 11 is 0. The van der Waals surface area contributed by atoms with Gasteiger partial charge in [0.25, 0.3) is 5.91 Å². The standard InChI is InChI=1S/C21H24N2O3/c1-14-8-9-17(15(2)12-14)13-22-20(24)10-11-23-18-6-4-5-7-19(18)26-16(3)21(23)25/h4-9,12,16H,10-11,13H2,1-3H3,(H,22,24). The molecule has 0 saturated heterocycles. The van der Waals surface area contributed by atoms with E-state index in [0.717, 1.165) is 16.8 Å². The van der Waals surface area contributed by atoms with Crippen molar-refractivity contribution in [1.29, 1.82) is 0 Å². The van der Waals surface area contributed by atoms with Crippen LogP contribution in [0.4, 0.5) is 5.69 Å². The lowest BCUT2D eigenvalue weighted by atomic mass is 10.1. The van der Waals surface area contributed by atoms with E-state index in [0.29, 0.717) is 18.8 Å². The molecule has 0 radical (unpaired) electrons. The molecule has 0 saturated carbocycles. The molecule has 0 bridgehead atoms. The van der Waals surface area contributed by atoms with E-state index in [1.54, 1.807) is 11.8 Å². The summed E-state index contributed by atoms with van der Waals surface area (Å²) in [5.74, 6) is 0.482. The van der Waals surface area contributed by atoms with Gasteiger partial charge in [-0.3, -0.25) is 9.59 Å². The fourth-order valence-electron chi connectivity index (χ4n) is 3.13. The van der Waals surface area contributed by atoms with Crippen molar-refractivity contribution in [2.45, 2.75) is 39.8 Å². The van der Waals surface area contributed by atoms with Crippen molar-refractivity contribution in [3.05, 3.63) is 59.2 Å². The molecule has 3 rings (SSSR count). The minimum absolute atomic E-state index is 0.0746. The van der Waals surface area contributed by atoms with E-state index in [4.69, 9.17) is 4.74 Å². The summed E-state index contributed by atoms with van der Waals surface area (Å²) in [4.78, 5) is 26.3. The van der Waals surface area contributed by atoms with Crippen LogP contribution in [0.2, 0.25) is 0 Å². The lowest BCUT2D eigenvalue weighted by molar-refractivity contribution is -0.125. The molecule has 1 N–H and O–H groups in total. The number of carbonyl (C=O) groups is 2. The monoisotopic (exact) mass is 352 g/mol. The molecule has 1 aliphatic rings. The quantitative estimate of drug-likeness (QED) is 0.899. The van der Waals surface area contributed by atoms with Crippen LogP contribution in [0, 0.1) is 13.8 Å². The predicted molar refractivity (Wildman–Crippen MR) is 101 cm³/mol. The van der Waals surface area contributed by atoms with Gasteiger partial charge < -0.3 is 15.0 Å². The molecule has 2 aromatic carbocycles. The summed E-state index contributed by atoms with van der Waals surface area (Å²) in [6, 6.07) is 13.6. The highest BCUT2D eigenvalue weighted by atomic mass is 16.5. The number of para-hydroxylation sites is 2. The second-order valence-electron chi connectivity index (χ2n) is 6.67. The van der Waals surface area contributed by atoms with E-state index in [2.05, 4.69) is 11.4 Å². The Kier molecular flexibility index (Phi) is 5.26. The average Bonchev–Trinajstić information content (AvgIpc) is 2.61. The van der Waals surface area contributed by atoms with Crippen LogP contribution in [-0.4, -0.2) is 24.5 Å². The van der Waals surface area contributed by atoms with Crippen molar-refractivity contribution in [2.75, 3.05) is 11.4 Å². The third kappa shape index (κ3) is 3.87. The van der Waals surface area contributed by atoms with Crippen LogP contribution < -0.4 is 15.0 Å². The molecule has 1 heterocycles. The average molecular weight is 352 g/mol. The lowest BCUT2D eigenvalue weighted by Crippen LogP contribution is -2.45. The summed E-state index contributed by atoms with van der Waals surface area (Å²) in [6.45, 7) is 6.65. The number of nitrogens with zero attached hydrogens (tertiary/aromatic N) is 1. The molecular formula is C21H24N2O3. The minimum atomic E-state index is -0.539. The van der Waals surface area contributed by atoms with Crippen molar-refractivity contribution in [3.63, 3.8) is 0 Å². The zero-order valence-electron chi connectivity index (χ0n) is 15.4. The summed E-state index contributed by atoms with van der Waals surface area (Å²) in [5.41, 5.74) is 4.19. The molecule has 2 amide bonds. The van der Waals surface area contributed by atoms with Gasteiger partial charge in [0.1, 0.15) is 5.75 Å². The zero-order chi connectivity index (χ0) is 18.7. The first-order valence-electron chi connectivity index (χ1n) is 8.85. The van der Waals surface area contributed by atoms with Crippen LogP contribution >= 0.6 is 0 Å². The van der Waals surface area contributed by atoms with E-state index in [1.165, 1.54) is 5.56 Å². The van der Waals surface area contributed by atoms with Gasteiger partial charge >= 0.3 is 0 Å². The largest absolute Gasteiger partial charge is 0.479 e. The van der Waals surface area contributed by atoms with Crippen LogP contribution in [0.25, 0.3) is 0 Å². The van der Waals surface area contributed by atoms with Gasteiger partial charge in [0, 0.05) is 19.5 Å². The van der Waals surface area contributed by atoms with Gasteiger partial charge in [-0.05, 0) is 44.0 Å². The summed E-state index contributed by atoms with van der Waals surface area (Å²) < 4.78 is 5.62. The Labute approximate surface area is 154 Å². The fourth-order valence-corrected chi connectivity index (χ4v) is 3.13. The zero-order valence-corrected chi connectivity index (χ0v) is 15.4. The molecule has 1 atom stereocenters. The molecule has 136 valence electrons. The molecule has 5 heteroatoms. The SMILES string of the molecule is Cc1ccc(CNC(=O)CCN2C(=O)C(C)Oc3ccccc32)c(C)c1. The first-order valence-corrected chi connectivity index (χ1v) is 8.85. The summed E-state index contributed by atoms with van der Waals surface area (Å²) in [6.07, 6.45) is -0.291. The molecule has 5 nitrogen and oxygen atoms in total. The van der Waals surface area contributed by atoms with Gasteiger partial charge in [0.05, 0.1) is 5.69 Å². The van der Waals surface area contributed by atoms with Gasteiger partial charge in [0.15, 0.2) is 6.10 Å². The number of benzene rings is 2. The number of anilines is 1. The molecular weight excluding hydrogens is 328 g/mol. The predicted octanol–water partition coefficient (Wildman–Crippen LogP) is 3.12. The van der Waals surface area contributed by atoms with Crippen molar-refractivity contribution in [3.8, 4) is 5.75 Å². The number of amides is 2. The highest BCUT2D eigenvalue weighted by Gasteiger charge is 2.31. The molecule has 26 heavy (non-hydrogen) atoms. The number of carbonyl (C=O) groups excluding carboxylic acids is 2. The maximum atomic E-state index is 12.4. The number of ether oxygens (including phenoxy) is 1. The Morgan fingerprint density at radius 1 is 1.19 bits per heavy atom. The Morgan fingerprint density at radius 3 is 2.73 bits per heavy atom. The molecule has 1 unspecified atom stereocenters. The van der Waals surface area contributed by atoms with Gasteiger partial charge in [-0.2, -0.15) is 0 Å². The van der Waals surface area contributed by atoms with E-state index in [1.807, 2.05) is 50.2 Å². The minimum Gasteiger partial charge on any atom is -0.479 e. The maximum absolute atomic E-state index is 12.4. The normalized spacial score (nSPS) is 16.0. The Bertz CT molecular complexity index is 832. The second-order valence-corrected chi connectivity index (χ2v) is 6.67. The first-order chi connectivity index (χ1) is 12.5. The molecule has 2 aromatic rings. The number of aryl methyl sites for hydroxylation is 2. The van der Waals surface area contributed by atoms with Crippen molar-refractivity contribution in [1.82, 2.24) is 5.32 Å². The van der Waals surface area contributed by atoms with Crippen LogP contribution in [-0.2, 0) is 16.1 Å². The molecule has 1 aliphatic heterocycles. The number of hydrogen-bond donors (Lipinski definition) is 1. The second kappa shape index (κ2) is 7.60. The van der Waals surface area contributed by atoms with Gasteiger partial charge in [-0.15, -0.1) is 0 Å². The Hall–Kier alpha value is -2.82. The Balaban J connectivity index is 1.59. The topological polar surface area (TPSA) is 58.6 Å². The molecule has 0 aliphatic carbocycles. The molecule has 0 spiro atoms. The van der Waals surface area contributed by atoms with Gasteiger partial charge in [-0.25, -0.2) is 0 Å². The van der Waals surface area contributed by atoms with Gasteiger partial charge in [-0.1, -0.05) is 35.9 Å². The van der Waals surface area contributed by atoms with E-state index in [9.17, 15) is 9.59 Å². The van der Waals surface area contributed by atoms with E-state index in [-0.39, 0.29) is 18.2 Å². The molecule has 0 fully saturated rings. The number of rotatable bonds is 5. The van der Waals surface area contributed by atoms with Crippen molar-refractivity contribution < 1.29 is 14.3 Å². The van der Waals surface area contributed by atoms with Crippen LogP contribution in [0.3, 0.4) is 0 Å². The van der Waals surface area contributed by atoms with Gasteiger partial charge in [0.2, 0.25) is 5.91 Å². The third-order valence-electron chi connectivity index (χ3n) is 4.61. The third-order valence-corrected chi connectivity index (χ3v) is 4.61. The molecule has 0 aromatic heterocycles. The van der Waals surface area contributed by atoms with Crippen LogP contribution in [0.5, 0.6) is 5.75 Å². The summed E-state index contributed by atoms with van der Waals surface area (Å²) in [5, 5.41) is 2.94. The Morgan fingerprint density at radius 2 is 1.96 bits per heavy atom. The number of nitrogens with one attached hydrogen (secondary N) is 1. The maximum Gasteiger partial charge on any atom is 0.267 e. The highest BCUT2D eigenvalue weighted by molar-refractivity contribution is 6.00. The van der Waals surface area contributed by atoms with Crippen LogP contribution in [0.15, 0.2) is 42.5 Å². The van der Waals surface area contributed by atoms with Crippen molar-refractivity contribution in [2.24, 2.45) is 0 Å². The highest BCUT2D eigenvalue weighted by Crippen LogP contribution is 2.33. The van der Waals surface area contributed by atoms with Crippen molar-refractivity contribution >= 4 is 17.5 Å². The van der Waals surface area contributed by atoms with E-state index >= 15 is 0 Å². The number of fused-ring (bicyclic) bond motifs is 1. The van der Waals surface area contributed by atoms with E-state index < -0.39 is 6.10 Å². The summed E-state index contributed by atoms with van der Waals surface area (Å²) in [7, 11) is 0. The fraction of sp³-hybridized carbons (Fsp3) is 0.333.